The number of aromatic nitrogens is 2. The molecule has 1 amide bonds. The Morgan fingerprint density at radius 1 is 1.18 bits per heavy atom. The number of nitrogens with two attached hydrogens (primary N) is 1. The van der Waals surface area contributed by atoms with Crippen LogP contribution in [0.4, 0.5) is 14.6 Å². The number of rotatable bonds is 11. The summed E-state index contributed by atoms with van der Waals surface area (Å²) in [6.07, 6.45) is 5.76. The van der Waals surface area contributed by atoms with E-state index < -0.39 is 11.6 Å². The number of carbonyl (C=O) groups is 1. The number of hydrogen-bond acceptors (Lipinski definition) is 4. The highest BCUT2D eigenvalue weighted by Crippen LogP contribution is 2.20. The highest BCUT2D eigenvalue weighted by Gasteiger charge is 2.18. The van der Waals surface area contributed by atoms with E-state index >= 15 is 0 Å². The van der Waals surface area contributed by atoms with Crippen LogP contribution >= 0.6 is 0 Å². The van der Waals surface area contributed by atoms with Gasteiger partial charge in [-0.2, -0.15) is 5.10 Å². The predicted octanol–water partition coefficient (Wildman–Crippen LogP) is 3.36. The lowest BCUT2D eigenvalue weighted by Gasteiger charge is -2.22. The molecule has 0 aliphatic heterocycles. The van der Waals surface area contributed by atoms with Gasteiger partial charge in [0.25, 0.3) is 5.91 Å². The van der Waals surface area contributed by atoms with Crippen LogP contribution in [0.1, 0.15) is 49.9 Å². The zero-order valence-corrected chi connectivity index (χ0v) is 16.5. The van der Waals surface area contributed by atoms with Gasteiger partial charge in [0.15, 0.2) is 0 Å². The molecule has 0 aliphatic rings. The van der Waals surface area contributed by atoms with Crippen LogP contribution in [-0.4, -0.2) is 46.8 Å². The Morgan fingerprint density at radius 3 is 2.50 bits per heavy atom. The van der Waals surface area contributed by atoms with Crippen LogP contribution < -0.4 is 11.1 Å². The third-order valence-electron chi connectivity index (χ3n) is 4.56. The van der Waals surface area contributed by atoms with Gasteiger partial charge >= 0.3 is 0 Å². The van der Waals surface area contributed by atoms with Crippen molar-refractivity contribution in [3.05, 3.63) is 41.6 Å². The van der Waals surface area contributed by atoms with Gasteiger partial charge in [-0.1, -0.05) is 26.7 Å². The predicted molar refractivity (Wildman–Crippen MR) is 106 cm³/mol. The fraction of sp³-hybridized carbons (Fsp3) is 0.500. The minimum absolute atomic E-state index is 0.0316. The van der Waals surface area contributed by atoms with Gasteiger partial charge in [0.2, 0.25) is 0 Å². The Balaban J connectivity index is 1.99. The molecule has 154 valence electrons. The SMILES string of the molecule is CCCCN(CCCC)CCNC(=O)c1cnn(-c2cc(F)ccc2F)c1N. The van der Waals surface area contributed by atoms with E-state index in [4.69, 9.17) is 5.73 Å². The van der Waals surface area contributed by atoms with Crippen molar-refractivity contribution in [3.8, 4) is 5.69 Å². The van der Waals surface area contributed by atoms with E-state index in [1.54, 1.807) is 0 Å². The van der Waals surface area contributed by atoms with Crippen molar-refractivity contribution in [1.29, 1.82) is 0 Å². The van der Waals surface area contributed by atoms with Gasteiger partial charge in [-0.15, -0.1) is 0 Å². The first kappa shape index (κ1) is 21.8. The van der Waals surface area contributed by atoms with E-state index in [1.165, 1.54) is 6.20 Å². The number of unbranched alkanes of at least 4 members (excludes halogenated alkanes) is 2. The van der Waals surface area contributed by atoms with Gasteiger partial charge in [-0.05, 0) is 38.1 Å². The lowest BCUT2D eigenvalue weighted by atomic mass is 10.2. The Bertz CT molecular complexity index is 770. The lowest BCUT2D eigenvalue weighted by molar-refractivity contribution is 0.0949. The van der Waals surface area contributed by atoms with Crippen LogP contribution in [0, 0.1) is 11.6 Å². The van der Waals surface area contributed by atoms with Crippen LogP contribution in [0.5, 0.6) is 0 Å². The molecule has 0 bridgehead atoms. The average Bonchev–Trinajstić information content (AvgIpc) is 3.06. The molecule has 0 aliphatic carbocycles. The molecule has 2 rings (SSSR count). The van der Waals surface area contributed by atoms with Crippen molar-refractivity contribution < 1.29 is 13.6 Å². The fourth-order valence-corrected chi connectivity index (χ4v) is 2.89. The second-order valence-corrected chi connectivity index (χ2v) is 6.76. The number of carbonyl (C=O) groups excluding carboxylic acids is 1. The van der Waals surface area contributed by atoms with E-state index in [9.17, 15) is 13.6 Å². The number of nitrogens with zero attached hydrogens (tertiary/aromatic N) is 3. The number of amides is 1. The summed E-state index contributed by atoms with van der Waals surface area (Å²) in [7, 11) is 0. The van der Waals surface area contributed by atoms with E-state index in [2.05, 4.69) is 29.2 Å². The van der Waals surface area contributed by atoms with Crippen molar-refractivity contribution in [3.63, 3.8) is 0 Å². The topological polar surface area (TPSA) is 76.2 Å². The van der Waals surface area contributed by atoms with Crippen LogP contribution in [0.3, 0.4) is 0 Å². The Kier molecular flexibility index (Phi) is 8.38. The van der Waals surface area contributed by atoms with E-state index in [0.717, 1.165) is 68.2 Å². The molecule has 1 heterocycles. The largest absolute Gasteiger partial charge is 0.383 e. The summed E-state index contributed by atoms with van der Waals surface area (Å²) in [6.45, 7) is 7.55. The number of hydrogen-bond donors (Lipinski definition) is 2. The third kappa shape index (κ3) is 5.76. The minimum atomic E-state index is -0.675. The van der Waals surface area contributed by atoms with Crippen LogP contribution in [-0.2, 0) is 0 Å². The Labute approximate surface area is 164 Å². The fourth-order valence-electron chi connectivity index (χ4n) is 2.89. The summed E-state index contributed by atoms with van der Waals surface area (Å²) in [5, 5.41) is 6.78. The zero-order valence-electron chi connectivity index (χ0n) is 16.5. The minimum Gasteiger partial charge on any atom is -0.383 e. The van der Waals surface area contributed by atoms with E-state index in [-0.39, 0.29) is 23.0 Å². The maximum absolute atomic E-state index is 14.0. The average molecular weight is 393 g/mol. The summed E-state index contributed by atoms with van der Waals surface area (Å²) >= 11 is 0. The molecule has 28 heavy (non-hydrogen) atoms. The molecule has 1 aromatic carbocycles. The smallest absolute Gasteiger partial charge is 0.256 e. The molecule has 2 aromatic rings. The molecule has 0 saturated carbocycles. The van der Waals surface area contributed by atoms with E-state index in [0.29, 0.717) is 6.54 Å². The molecule has 6 nitrogen and oxygen atoms in total. The second-order valence-electron chi connectivity index (χ2n) is 6.76. The molecule has 0 unspecified atom stereocenters. The molecule has 3 N–H and O–H groups in total. The molecule has 1 aromatic heterocycles. The zero-order chi connectivity index (χ0) is 20.5. The van der Waals surface area contributed by atoms with Crippen molar-refractivity contribution in [2.24, 2.45) is 0 Å². The monoisotopic (exact) mass is 393 g/mol. The number of nitrogens with one attached hydrogen (secondary N) is 1. The van der Waals surface area contributed by atoms with Gasteiger partial charge in [0.1, 0.15) is 28.7 Å². The number of nitrogen functional groups attached to an aromatic ring is 1. The first-order valence-corrected chi connectivity index (χ1v) is 9.77. The quantitative estimate of drug-likeness (QED) is 0.614. The number of anilines is 1. The molecule has 0 atom stereocenters. The lowest BCUT2D eigenvalue weighted by Crippen LogP contribution is -2.36. The standard InChI is InChI=1S/C20H29F2N5O/c1-3-5-10-26(11-6-4-2)12-9-24-20(28)16-14-25-27(19(16)23)18-13-15(21)7-8-17(18)22/h7-8,13-14H,3-6,9-12,23H2,1-2H3,(H,24,28). The first-order chi connectivity index (χ1) is 13.5. The van der Waals surface area contributed by atoms with Crippen LogP contribution in [0.15, 0.2) is 24.4 Å². The molecule has 0 spiro atoms. The molecule has 0 saturated heterocycles. The van der Waals surface area contributed by atoms with Crippen molar-refractivity contribution in [2.75, 3.05) is 31.9 Å². The van der Waals surface area contributed by atoms with Crippen molar-refractivity contribution in [2.45, 2.75) is 39.5 Å². The van der Waals surface area contributed by atoms with Crippen molar-refractivity contribution in [1.82, 2.24) is 20.0 Å². The normalized spacial score (nSPS) is 11.2. The Morgan fingerprint density at radius 2 is 1.86 bits per heavy atom. The highest BCUT2D eigenvalue weighted by molar-refractivity contribution is 5.98. The molecule has 8 heteroatoms. The van der Waals surface area contributed by atoms with Crippen LogP contribution in [0.25, 0.3) is 5.69 Å². The van der Waals surface area contributed by atoms with Crippen molar-refractivity contribution >= 4 is 11.7 Å². The van der Waals surface area contributed by atoms with E-state index in [1.807, 2.05) is 0 Å². The second kappa shape index (κ2) is 10.8. The maximum Gasteiger partial charge on any atom is 0.256 e. The van der Waals surface area contributed by atoms with Gasteiger partial charge in [-0.3, -0.25) is 4.79 Å². The third-order valence-corrected chi connectivity index (χ3v) is 4.56. The van der Waals surface area contributed by atoms with Gasteiger partial charge in [0.05, 0.1) is 6.20 Å². The molecule has 0 fully saturated rings. The number of benzene rings is 1. The van der Waals surface area contributed by atoms with Crippen LogP contribution in [0.2, 0.25) is 0 Å². The first-order valence-electron chi connectivity index (χ1n) is 9.77. The molecular formula is C20H29F2N5O. The Hall–Kier alpha value is -2.48. The van der Waals surface area contributed by atoms with Gasteiger partial charge in [0, 0.05) is 19.2 Å². The molecular weight excluding hydrogens is 364 g/mol. The number of halogens is 2. The summed E-state index contributed by atoms with van der Waals surface area (Å²) < 4.78 is 28.4. The maximum atomic E-state index is 14.0. The highest BCUT2D eigenvalue weighted by atomic mass is 19.1. The van der Waals surface area contributed by atoms with Gasteiger partial charge in [-0.25, -0.2) is 13.5 Å². The summed E-state index contributed by atoms with van der Waals surface area (Å²) in [5.74, 6) is -1.70. The summed E-state index contributed by atoms with van der Waals surface area (Å²) in [4.78, 5) is 14.8. The molecule has 0 radical (unpaired) electrons. The van der Waals surface area contributed by atoms with Gasteiger partial charge < -0.3 is 16.0 Å². The summed E-state index contributed by atoms with van der Waals surface area (Å²) in [5.41, 5.74) is 5.96. The summed E-state index contributed by atoms with van der Waals surface area (Å²) in [6, 6.07) is 2.99.